The van der Waals surface area contributed by atoms with Crippen LogP contribution in [-0.4, -0.2) is 11.8 Å². The molecule has 1 aliphatic carbocycles. The van der Waals surface area contributed by atoms with Crippen molar-refractivity contribution >= 4 is 34.8 Å². The van der Waals surface area contributed by atoms with E-state index in [4.69, 9.17) is 11.6 Å². The number of rotatable bonds is 4. The minimum atomic E-state index is -0.308. The summed E-state index contributed by atoms with van der Waals surface area (Å²) >= 11 is 6.25. The lowest BCUT2D eigenvalue weighted by Gasteiger charge is -2.12. The van der Waals surface area contributed by atoms with Gasteiger partial charge < -0.3 is 10.6 Å². The highest BCUT2D eigenvalue weighted by Crippen LogP contribution is 2.41. The molecule has 2 N–H and O–H groups in total. The van der Waals surface area contributed by atoms with E-state index in [1.807, 2.05) is 58.0 Å². The van der Waals surface area contributed by atoms with Crippen LogP contribution in [0, 0.1) is 39.5 Å². The molecule has 2 aromatic carbocycles. The zero-order valence-corrected chi connectivity index (χ0v) is 16.2. The Morgan fingerprint density at radius 3 is 2.19 bits per heavy atom. The quantitative estimate of drug-likeness (QED) is 0.813. The number of carbonyl (C=O) groups is 2. The fraction of sp³-hybridized carbons (Fsp3) is 0.333. The van der Waals surface area contributed by atoms with Crippen molar-refractivity contribution in [3.63, 3.8) is 0 Å². The number of aryl methyl sites for hydroxylation is 4. The number of hydrogen-bond acceptors (Lipinski definition) is 2. The number of halogens is 1. The van der Waals surface area contributed by atoms with Crippen LogP contribution in [0.1, 0.15) is 28.7 Å². The third-order valence-corrected chi connectivity index (χ3v) is 5.09. The van der Waals surface area contributed by atoms with Gasteiger partial charge >= 0.3 is 0 Å². The second kappa shape index (κ2) is 7.12. The molecule has 5 heteroatoms. The van der Waals surface area contributed by atoms with Crippen LogP contribution in [-0.2, 0) is 9.59 Å². The maximum Gasteiger partial charge on any atom is 0.228 e. The molecule has 2 aromatic rings. The van der Waals surface area contributed by atoms with Gasteiger partial charge in [-0.3, -0.25) is 9.59 Å². The van der Waals surface area contributed by atoms with Crippen LogP contribution in [0.25, 0.3) is 0 Å². The van der Waals surface area contributed by atoms with Crippen molar-refractivity contribution in [3.8, 4) is 0 Å². The fourth-order valence-corrected chi connectivity index (χ4v) is 3.53. The normalized spacial score (nSPS) is 18.3. The van der Waals surface area contributed by atoms with Crippen LogP contribution in [0.2, 0.25) is 5.02 Å². The Kier molecular flexibility index (Phi) is 5.05. The number of benzene rings is 2. The summed E-state index contributed by atoms with van der Waals surface area (Å²) in [6.07, 6.45) is 0.561. The average molecular weight is 371 g/mol. The molecule has 3 rings (SSSR count). The van der Waals surface area contributed by atoms with Crippen LogP contribution in [0.4, 0.5) is 11.4 Å². The third-order valence-electron chi connectivity index (χ3n) is 4.79. The number of anilines is 2. The lowest BCUT2D eigenvalue weighted by Crippen LogP contribution is -2.21. The Balaban J connectivity index is 1.64. The van der Waals surface area contributed by atoms with Crippen molar-refractivity contribution in [1.82, 2.24) is 0 Å². The fourth-order valence-electron chi connectivity index (χ4n) is 3.16. The molecule has 4 nitrogen and oxygen atoms in total. The maximum atomic E-state index is 12.5. The first-order chi connectivity index (χ1) is 12.3. The second-order valence-corrected chi connectivity index (χ2v) is 7.59. The number of nitrogens with one attached hydrogen (secondary N) is 2. The van der Waals surface area contributed by atoms with Crippen molar-refractivity contribution < 1.29 is 9.59 Å². The summed E-state index contributed by atoms with van der Waals surface area (Å²) in [6, 6.07) is 9.72. The Labute approximate surface area is 158 Å². The zero-order chi connectivity index (χ0) is 19.0. The van der Waals surface area contributed by atoms with Gasteiger partial charge in [-0.05, 0) is 68.5 Å². The topological polar surface area (TPSA) is 58.2 Å². The van der Waals surface area contributed by atoms with Crippen molar-refractivity contribution in [2.45, 2.75) is 34.1 Å². The van der Waals surface area contributed by atoms with Gasteiger partial charge in [0.15, 0.2) is 0 Å². The standard InChI is InChI=1S/C21H23ClN2O2/c1-11-5-6-13(3)18(9-11)23-20(25)15-10-16(15)21(26)24-19-14(4)7-12(2)8-17(19)22/h5-9,15-16H,10H2,1-4H3,(H,23,25)(H,24,26). The predicted octanol–water partition coefficient (Wildman–Crippen LogP) is 4.79. The molecule has 0 aliphatic heterocycles. The van der Waals surface area contributed by atoms with Gasteiger partial charge in [0, 0.05) is 5.69 Å². The Morgan fingerprint density at radius 2 is 1.54 bits per heavy atom. The van der Waals surface area contributed by atoms with Gasteiger partial charge in [-0.15, -0.1) is 0 Å². The van der Waals surface area contributed by atoms with E-state index >= 15 is 0 Å². The van der Waals surface area contributed by atoms with E-state index < -0.39 is 0 Å². The molecule has 136 valence electrons. The number of amides is 2. The highest BCUT2D eigenvalue weighted by Gasteiger charge is 2.48. The van der Waals surface area contributed by atoms with E-state index in [0.29, 0.717) is 17.1 Å². The van der Waals surface area contributed by atoms with Gasteiger partial charge in [-0.2, -0.15) is 0 Å². The summed E-state index contributed by atoms with van der Waals surface area (Å²) in [6.45, 7) is 7.80. The van der Waals surface area contributed by atoms with Crippen LogP contribution >= 0.6 is 11.6 Å². The molecular formula is C21H23ClN2O2. The van der Waals surface area contributed by atoms with Gasteiger partial charge in [0.25, 0.3) is 0 Å². The molecule has 0 radical (unpaired) electrons. The predicted molar refractivity (Wildman–Crippen MR) is 106 cm³/mol. The molecule has 1 fully saturated rings. The molecule has 0 aromatic heterocycles. The minimum absolute atomic E-state index is 0.106. The molecule has 2 unspecified atom stereocenters. The van der Waals surface area contributed by atoms with Gasteiger partial charge in [0.1, 0.15) is 0 Å². The zero-order valence-electron chi connectivity index (χ0n) is 15.4. The van der Waals surface area contributed by atoms with Gasteiger partial charge in [-0.1, -0.05) is 29.8 Å². The van der Waals surface area contributed by atoms with Crippen LogP contribution < -0.4 is 10.6 Å². The summed E-state index contributed by atoms with van der Waals surface area (Å²) in [7, 11) is 0. The van der Waals surface area contributed by atoms with Gasteiger partial charge in [0.05, 0.1) is 22.5 Å². The van der Waals surface area contributed by atoms with Crippen molar-refractivity contribution in [1.29, 1.82) is 0 Å². The monoisotopic (exact) mass is 370 g/mol. The van der Waals surface area contributed by atoms with Crippen LogP contribution in [0.5, 0.6) is 0 Å². The second-order valence-electron chi connectivity index (χ2n) is 7.18. The summed E-state index contributed by atoms with van der Waals surface area (Å²) in [5.74, 6) is -0.859. The Bertz CT molecular complexity index is 869. The third kappa shape index (κ3) is 3.91. The van der Waals surface area contributed by atoms with E-state index in [0.717, 1.165) is 27.9 Å². The SMILES string of the molecule is Cc1cc(C)c(NC(=O)C2CC2C(=O)Nc2cc(C)ccc2C)c(Cl)c1. The molecule has 0 saturated heterocycles. The van der Waals surface area contributed by atoms with Crippen LogP contribution in [0.15, 0.2) is 30.3 Å². The summed E-state index contributed by atoms with van der Waals surface area (Å²) in [4.78, 5) is 25.0. The molecule has 1 saturated carbocycles. The first kappa shape index (κ1) is 18.5. The molecule has 2 atom stereocenters. The van der Waals surface area contributed by atoms with Crippen LogP contribution in [0.3, 0.4) is 0 Å². The van der Waals surface area contributed by atoms with E-state index in [-0.39, 0.29) is 23.7 Å². The van der Waals surface area contributed by atoms with Gasteiger partial charge in [-0.25, -0.2) is 0 Å². The van der Waals surface area contributed by atoms with E-state index in [1.165, 1.54) is 0 Å². The van der Waals surface area contributed by atoms with E-state index in [2.05, 4.69) is 10.6 Å². The maximum absolute atomic E-state index is 12.5. The van der Waals surface area contributed by atoms with Crippen molar-refractivity contribution in [2.24, 2.45) is 11.8 Å². The Morgan fingerprint density at radius 1 is 0.885 bits per heavy atom. The molecule has 0 bridgehead atoms. The first-order valence-electron chi connectivity index (χ1n) is 8.72. The molecule has 0 heterocycles. The highest BCUT2D eigenvalue weighted by atomic mass is 35.5. The summed E-state index contributed by atoms with van der Waals surface area (Å²) < 4.78 is 0. The van der Waals surface area contributed by atoms with Crippen molar-refractivity contribution in [2.75, 3.05) is 10.6 Å². The highest BCUT2D eigenvalue weighted by molar-refractivity contribution is 6.34. The van der Waals surface area contributed by atoms with E-state index in [9.17, 15) is 9.59 Å². The molecule has 1 aliphatic rings. The summed E-state index contributed by atoms with van der Waals surface area (Å²) in [5.41, 5.74) is 5.48. The molecule has 0 spiro atoms. The van der Waals surface area contributed by atoms with Gasteiger partial charge in [0.2, 0.25) is 11.8 Å². The minimum Gasteiger partial charge on any atom is -0.326 e. The molecule has 2 amide bonds. The smallest absolute Gasteiger partial charge is 0.228 e. The number of carbonyl (C=O) groups excluding carboxylic acids is 2. The molecular weight excluding hydrogens is 348 g/mol. The summed E-state index contributed by atoms with van der Waals surface area (Å²) in [5, 5.41) is 6.35. The first-order valence-corrected chi connectivity index (χ1v) is 9.10. The molecule has 26 heavy (non-hydrogen) atoms. The largest absolute Gasteiger partial charge is 0.326 e. The lowest BCUT2D eigenvalue weighted by atomic mass is 10.1. The van der Waals surface area contributed by atoms with E-state index in [1.54, 1.807) is 0 Å². The average Bonchev–Trinajstić information content (AvgIpc) is 3.35. The lowest BCUT2D eigenvalue weighted by molar-refractivity contribution is -0.122. The van der Waals surface area contributed by atoms with Crippen molar-refractivity contribution in [3.05, 3.63) is 57.6 Å². The number of hydrogen-bond donors (Lipinski definition) is 2. The Hall–Kier alpha value is -2.33.